The van der Waals surface area contributed by atoms with E-state index >= 15 is 0 Å². The standard InChI is InChI=1S/C14H20O3/c1-10-6-7-11(2)12(8-10)17-9-14(3,4)13(15)16-5/h6-8H,9H2,1-5H3. The molecule has 0 aliphatic heterocycles. The van der Waals surface area contributed by atoms with Crippen molar-refractivity contribution in [2.45, 2.75) is 27.7 Å². The molecule has 0 aromatic heterocycles. The molecule has 1 rings (SSSR count). The minimum absolute atomic E-state index is 0.261. The quantitative estimate of drug-likeness (QED) is 0.754. The number of ether oxygens (including phenoxy) is 2. The van der Waals surface area contributed by atoms with E-state index < -0.39 is 5.41 Å². The molecule has 0 spiro atoms. The highest BCUT2D eigenvalue weighted by Gasteiger charge is 2.29. The lowest BCUT2D eigenvalue weighted by molar-refractivity contribution is -0.152. The summed E-state index contributed by atoms with van der Waals surface area (Å²) >= 11 is 0. The molecular weight excluding hydrogens is 216 g/mol. The molecule has 94 valence electrons. The van der Waals surface area contributed by atoms with Crippen LogP contribution < -0.4 is 4.74 Å². The van der Waals surface area contributed by atoms with Crippen LogP contribution in [0.1, 0.15) is 25.0 Å². The van der Waals surface area contributed by atoms with E-state index in [1.54, 1.807) is 0 Å². The van der Waals surface area contributed by atoms with Crippen molar-refractivity contribution in [1.29, 1.82) is 0 Å². The highest BCUT2D eigenvalue weighted by Crippen LogP contribution is 2.23. The van der Waals surface area contributed by atoms with Gasteiger partial charge < -0.3 is 9.47 Å². The van der Waals surface area contributed by atoms with Crippen molar-refractivity contribution in [3.8, 4) is 5.75 Å². The van der Waals surface area contributed by atoms with E-state index in [-0.39, 0.29) is 5.97 Å². The van der Waals surface area contributed by atoms with Crippen molar-refractivity contribution in [2.24, 2.45) is 5.41 Å². The Morgan fingerprint density at radius 1 is 1.29 bits per heavy atom. The van der Waals surface area contributed by atoms with Crippen molar-refractivity contribution in [3.05, 3.63) is 29.3 Å². The summed E-state index contributed by atoms with van der Waals surface area (Å²) in [6.45, 7) is 7.93. The van der Waals surface area contributed by atoms with Gasteiger partial charge in [0, 0.05) is 0 Å². The zero-order chi connectivity index (χ0) is 13.1. The minimum atomic E-state index is -0.634. The van der Waals surface area contributed by atoms with Crippen LogP contribution in [0.3, 0.4) is 0 Å². The first-order valence-corrected chi connectivity index (χ1v) is 5.65. The van der Waals surface area contributed by atoms with Gasteiger partial charge in [0.05, 0.1) is 12.5 Å². The fourth-order valence-corrected chi connectivity index (χ4v) is 1.46. The van der Waals surface area contributed by atoms with Crippen LogP contribution in [-0.2, 0) is 9.53 Å². The van der Waals surface area contributed by atoms with Crippen LogP contribution in [0.5, 0.6) is 5.75 Å². The molecule has 0 bridgehead atoms. The van der Waals surface area contributed by atoms with Gasteiger partial charge in [0.1, 0.15) is 12.4 Å². The Labute approximate surface area is 103 Å². The maximum atomic E-state index is 11.5. The zero-order valence-electron chi connectivity index (χ0n) is 11.2. The molecule has 3 nitrogen and oxygen atoms in total. The van der Waals surface area contributed by atoms with Crippen LogP contribution in [-0.4, -0.2) is 19.7 Å². The first kappa shape index (κ1) is 13.6. The highest BCUT2D eigenvalue weighted by molar-refractivity contribution is 5.75. The summed E-state index contributed by atoms with van der Waals surface area (Å²) in [4.78, 5) is 11.5. The molecular formula is C14H20O3. The van der Waals surface area contributed by atoms with Gasteiger partial charge >= 0.3 is 5.97 Å². The molecule has 3 heteroatoms. The predicted octanol–water partition coefficient (Wildman–Crippen LogP) is 2.88. The van der Waals surface area contributed by atoms with Gasteiger partial charge in [-0.15, -0.1) is 0 Å². The molecule has 0 atom stereocenters. The Morgan fingerprint density at radius 3 is 2.53 bits per heavy atom. The fourth-order valence-electron chi connectivity index (χ4n) is 1.46. The van der Waals surface area contributed by atoms with Gasteiger partial charge in [0.15, 0.2) is 0 Å². The van der Waals surface area contributed by atoms with Crippen LogP contribution in [0.15, 0.2) is 18.2 Å². The fraction of sp³-hybridized carbons (Fsp3) is 0.500. The lowest BCUT2D eigenvalue weighted by Gasteiger charge is -2.22. The maximum Gasteiger partial charge on any atom is 0.314 e. The molecule has 0 aliphatic carbocycles. The van der Waals surface area contributed by atoms with E-state index in [1.165, 1.54) is 7.11 Å². The third kappa shape index (κ3) is 3.48. The number of hydrogen-bond acceptors (Lipinski definition) is 3. The second-order valence-electron chi connectivity index (χ2n) is 4.93. The molecule has 0 saturated carbocycles. The van der Waals surface area contributed by atoms with Gasteiger partial charge in [-0.05, 0) is 44.9 Å². The number of aryl methyl sites for hydroxylation is 2. The van der Waals surface area contributed by atoms with Gasteiger partial charge in [0.2, 0.25) is 0 Å². The molecule has 0 aliphatic rings. The first-order valence-electron chi connectivity index (χ1n) is 5.65. The molecule has 1 aromatic rings. The number of rotatable bonds is 4. The smallest absolute Gasteiger partial charge is 0.314 e. The van der Waals surface area contributed by atoms with Crippen molar-refractivity contribution >= 4 is 5.97 Å². The van der Waals surface area contributed by atoms with Crippen LogP contribution in [0.4, 0.5) is 0 Å². The van der Waals surface area contributed by atoms with Crippen LogP contribution in [0.2, 0.25) is 0 Å². The van der Waals surface area contributed by atoms with Crippen molar-refractivity contribution < 1.29 is 14.3 Å². The monoisotopic (exact) mass is 236 g/mol. The topological polar surface area (TPSA) is 35.5 Å². The third-order valence-electron chi connectivity index (χ3n) is 2.67. The van der Waals surface area contributed by atoms with E-state index in [9.17, 15) is 4.79 Å². The van der Waals surface area contributed by atoms with Crippen molar-refractivity contribution in [3.63, 3.8) is 0 Å². The normalized spacial score (nSPS) is 11.1. The van der Waals surface area contributed by atoms with E-state index in [1.807, 2.05) is 45.9 Å². The SMILES string of the molecule is COC(=O)C(C)(C)COc1cc(C)ccc1C. The number of benzene rings is 1. The summed E-state index contributed by atoms with van der Waals surface area (Å²) in [7, 11) is 1.39. The number of methoxy groups -OCH3 is 1. The van der Waals surface area contributed by atoms with Crippen LogP contribution >= 0.6 is 0 Å². The molecule has 0 saturated heterocycles. The molecule has 0 heterocycles. The molecule has 0 radical (unpaired) electrons. The van der Waals surface area contributed by atoms with Crippen molar-refractivity contribution in [1.82, 2.24) is 0 Å². The third-order valence-corrected chi connectivity index (χ3v) is 2.67. The Hall–Kier alpha value is -1.51. The van der Waals surface area contributed by atoms with Crippen LogP contribution in [0, 0.1) is 19.3 Å². The van der Waals surface area contributed by atoms with Crippen molar-refractivity contribution in [2.75, 3.05) is 13.7 Å². The second kappa shape index (κ2) is 5.21. The van der Waals surface area contributed by atoms with Crippen LogP contribution in [0.25, 0.3) is 0 Å². The van der Waals surface area contributed by atoms with Gasteiger partial charge in [-0.2, -0.15) is 0 Å². The van der Waals surface area contributed by atoms with E-state index in [4.69, 9.17) is 9.47 Å². The number of hydrogen-bond donors (Lipinski definition) is 0. The first-order chi connectivity index (χ1) is 7.86. The second-order valence-corrected chi connectivity index (χ2v) is 4.93. The summed E-state index contributed by atoms with van der Waals surface area (Å²) < 4.78 is 10.4. The largest absolute Gasteiger partial charge is 0.492 e. The number of carbonyl (C=O) groups excluding carboxylic acids is 1. The summed E-state index contributed by atoms with van der Waals surface area (Å²) in [5.74, 6) is 0.560. The molecule has 0 unspecified atom stereocenters. The minimum Gasteiger partial charge on any atom is -0.492 e. The van der Waals surface area contributed by atoms with E-state index in [0.717, 1.165) is 16.9 Å². The van der Waals surface area contributed by atoms with Gasteiger partial charge in [-0.1, -0.05) is 12.1 Å². The zero-order valence-corrected chi connectivity index (χ0v) is 11.2. The average molecular weight is 236 g/mol. The van der Waals surface area contributed by atoms with Gasteiger partial charge in [-0.25, -0.2) is 0 Å². The highest BCUT2D eigenvalue weighted by atomic mass is 16.5. The molecule has 17 heavy (non-hydrogen) atoms. The lowest BCUT2D eigenvalue weighted by atomic mass is 9.95. The molecule has 1 aromatic carbocycles. The molecule has 0 fully saturated rings. The van der Waals surface area contributed by atoms with Gasteiger partial charge in [-0.3, -0.25) is 4.79 Å². The molecule has 0 amide bonds. The molecule has 0 N–H and O–H groups in total. The lowest BCUT2D eigenvalue weighted by Crippen LogP contribution is -2.32. The maximum absolute atomic E-state index is 11.5. The Morgan fingerprint density at radius 2 is 1.94 bits per heavy atom. The van der Waals surface area contributed by atoms with E-state index in [2.05, 4.69) is 0 Å². The summed E-state index contributed by atoms with van der Waals surface area (Å²) in [6, 6.07) is 6.02. The average Bonchev–Trinajstić information content (AvgIpc) is 2.29. The number of esters is 1. The Kier molecular flexibility index (Phi) is 4.16. The summed E-state index contributed by atoms with van der Waals surface area (Å²) in [6.07, 6.45) is 0. The summed E-state index contributed by atoms with van der Waals surface area (Å²) in [5.41, 5.74) is 1.57. The van der Waals surface area contributed by atoms with Gasteiger partial charge in [0.25, 0.3) is 0 Å². The number of carbonyl (C=O) groups is 1. The van der Waals surface area contributed by atoms with E-state index in [0.29, 0.717) is 6.61 Å². The summed E-state index contributed by atoms with van der Waals surface area (Å²) in [5, 5.41) is 0. The Balaban J connectivity index is 2.73. The Bertz CT molecular complexity index is 408. The predicted molar refractivity (Wildman–Crippen MR) is 67.2 cm³/mol.